The summed E-state index contributed by atoms with van der Waals surface area (Å²) in [5, 5.41) is 5.81. The van der Waals surface area contributed by atoms with Gasteiger partial charge in [-0.2, -0.15) is 5.10 Å². The average molecular weight is 268 g/mol. The van der Waals surface area contributed by atoms with Crippen LogP contribution in [0.5, 0.6) is 0 Å². The third-order valence-electron chi connectivity index (χ3n) is 1.88. The molecule has 0 saturated carbocycles. The molecule has 0 aliphatic heterocycles. The van der Waals surface area contributed by atoms with Crippen LogP contribution in [-0.4, -0.2) is 44.3 Å². The fraction of sp³-hybridized carbons (Fsp3) is 0.625. The van der Waals surface area contributed by atoms with E-state index in [4.69, 9.17) is 16.3 Å². The zero-order valence-electron chi connectivity index (χ0n) is 8.81. The number of alkyl halides is 1. The minimum atomic E-state index is -3.47. The molecule has 0 spiro atoms. The third kappa shape index (κ3) is 4.09. The summed E-state index contributed by atoms with van der Waals surface area (Å²) >= 11 is 5.86. The summed E-state index contributed by atoms with van der Waals surface area (Å²) in [5.41, 5.74) is 0. The summed E-state index contributed by atoms with van der Waals surface area (Å²) in [7, 11) is -1.92. The van der Waals surface area contributed by atoms with Gasteiger partial charge in [0, 0.05) is 19.9 Å². The molecule has 0 amide bonds. The van der Waals surface area contributed by atoms with Gasteiger partial charge in [-0.05, 0) is 6.42 Å². The van der Waals surface area contributed by atoms with Gasteiger partial charge in [0.2, 0.25) is 10.0 Å². The second-order valence-electron chi connectivity index (χ2n) is 3.17. The van der Waals surface area contributed by atoms with Crippen molar-refractivity contribution >= 4 is 21.6 Å². The fourth-order valence-electron chi connectivity index (χ4n) is 1.08. The van der Waals surface area contributed by atoms with Gasteiger partial charge in [-0.1, -0.05) is 0 Å². The second-order valence-corrected chi connectivity index (χ2v) is 5.56. The van der Waals surface area contributed by atoms with Gasteiger partial charge in [0.05, 0.1) is 18.2 Å². The van der Waals surface area contributed by atoms with Gasteiger partial charge >= 0.3 is 0 Å². The summed E-state index contributed by atoms with van der Waals surface area (Å²) < 4.78 is 30.4. The molecule has 8 heteroatoms. The van der Waals surface area contributed by atoms with Crippen molar-refractivity contribution in [2.75, 3.05) is 20.3 Å². The standard InChI is InChI=1S/C8H14ClN3O3S/c1-15-6-7(9)2-3-12-16(13,14)8-4-10-11-5-8/h4-5,7,12H,2-3,6H2,1H3,(H,10,11). The Morgan fingerprint density at radius 2 is 2.44 bits per heavy atom. The van der Waals surface area contributed by atoms with Gasteiger partial charge in [-0.3, -0.25) is 5.10 Å². The van der Waals surface area contributed by atoms with E-state index in [1.54, 1.807) is 7.11 Å². The number of H-pyrrole nitrogens is 1. The van der Waals surface area contributed by atoms with Crippen molar-refractivity contribution in [2.24, 2.45) is 0 Å². The number of methoxy groups -OCH3 is 1. The van der Waals surface area contributed by atoms with Crippen molar-refractivity contribution in [3.05, 3.63) is 12.4 Å². The van der Waals surface area contributed by atoms with Gasteiger partial charge in [0.1, 0.15) is 4.90 Å². The van der Waals surface area contributed by atoms with Crippen LogP contribution < -0.4 is 4.72 Å². The topological polar surface area (TPSA) is 84.1 Å². The van der Waals surface area contributed by atoms with E-state index in [-0.39, 0.29) is 16.8 Å². The molecule has 0 aliphatic carbocycles. The lowest BCUT2D eigenvalue weighted by atomic mass is 10.3. The van der Waals surface area contributed by atoms with Crippen molar-refractivity contribution in [3.63, 3.8) is 0 Å². The first kappa shape index (κ1) is 13.4. The highest BCUT2D eigenvalue weighted by molar-refractivity contribution is 7.89. The van der Waals surface area contributed by atoms with Crippen LogP contribution in [0.3, 0.4) is 0 Å². The maximum absolute atomic E-state index is 11.6. The van der Waals surface area contributed by atoms with Crippen LogP contribution in [-0.2, 0) is 14.8 Å². The lowest BCUT2D eigenvalue weighted by Gasteiger charge is -2.08. The van der Waals surface area contributed by atoms with E-state index in [9.17, 15) is 8.42 Å². The molecule has 0 saturated heterocycles. The van der Waals surface area contributed by atoms with Crippen LogP contribution in [0.1, 0.15) is 6.42 Å². The SMILES string of the molecule is COCC(Cl)CCNS(=O)(=O)c1cn[nH]c1. The van der Waals surface area contributed by atoms with E-state index in [1.807, 2.05) is 0 Å². The quantitative estimate of drug-likeness (QED) is 0.698. The molecule has 2 N–H and O–H groups in total. The van der Waals surface area contributed by atoms with E-state index in [0.717, 1.165) is 0 Å². The molecule has 0 aliphatic rings. The second kappa shape index (κ2) is 6.19. The Labute approximate surface area is 99.4 Å². The zero-order valence-corrected chi connectivity index (χ0v) is 10.4. The number of aromatic amines is 1. The number of hydrogen-bond acceptors (Lipinski definition) is 4. The van der Waals surface area contributed by atoms with Gasteiger partial charge in [-0.15, -0.1) is 11.6 Å². The summed E-state index contributed by atoms with van der Waals surface area (Å²) in [6.45, 7) is 0.667. The van der Waals surface area contributed by atoms with Crippen LogP contribution in [0.2, 0.25) is 0 Å². The third-order valence-corrected chi connectivity index (χ3v) is 3.65. The highest BCUT2D eigenvalue weighted by Gasteiger charge is 2.15. The minimum absolute atomic E-state index is 0.116. The predicted molar refractivity (Wildman–Crippen MR) is 59.9 cm³/mol. The van der Waals surface area contributed by atoms with Gasteiger partial charge in [0.25, 0.3) is 0 Å². The van der Waals surface area contributed by atoms with E-state index in [0.29, 0.717) is 13.0 Å². The Hall–Kier alpha value is -0.630. The van der Waals surface area contributed by atoms with Gasteiger partial charge in [0.15, 0.2) is 0 Å². The van der Waals surface area contributed by atoms with Crippen molar-refractivity contribution in [1.29, 1.82) is 0 Å². The summed E-state index contributed by atoms with van der Waals surface area (Å²) in [6, 6.07) is 0. The summed E-state index contributed by atoms with van der Waals surface area (Å²) in [4.78, 5) is 0.116. The first-order valence-corrected chi connectivity index (χ1v) is 6.59. The number of nitrogens with zero attached hydrogens (tertiary/aromatic N) is 1. The molecule has 0 fully saturated rings. The van der Waals surface area contributed by atoms with Crippen molar-refractivity contribution in [2.45, 2.75) is 16.7 Å². The normalized spacial score (nSPS) is 13.9. The summed E-state index contributed by atoms with van der Waals surface area (Å²) in [5.74, 6) is 0. The van der Waals surface area contributed by atoms with Crippen LogP contribution in [0.4, 0.5) is 0 Å². The first-order valence-electron chi connectivity index (χ1n) is 4.67. The lowest BCUT2D eigenvalue weighted by Crippen LogP contribution is -2.27. The number of nitrogens with one attached hydrogen (secondary N) is 2. The Morgan fingerprint density at radius 3 is 3.00 bits per heavy atom. The van der Waals surface area contributed by atoms with E-state index < -0.39 is 10.0 Å². The molecule has 1 aromatic rings. The highest BCUT2D eigenvalue weighted by Crippen LogP contribution is 2.06. The number of rotatable bonds is 7. The molecular weight excluding hydrogens is 254 g/mol. The number of aromatic nitrogens is 2. The van der Waals surface area contributed by atoms with Gasteiger partial charge in [-0.25, -0.2) is 13.1 Å². The highest BCUT2D eigenvalue weighted by atomic mass is 35.5. The molecule has 1 aromatic heterocycles. The zero-order chi connectivity index (χ0) is 12.0. The molecule has 6 nitrogen and oxygen atoms in total. The molecule has 1 unspecified atom stereocenters. The molecule has 0 bridgehead atoms. The predicted octanol–water partition coefficient (Wildman–Crippen LogP) is 0.332. The van der Waals surface area contributed by atoms with Crippen molar-refractivity contribution in [3.8, 4) is 0 Å². The van der Waals surface area contributed by atoms with E-state index in [2.05, 4.69) is 14.9 Å². The molecular formula is C8H14ClN3O3S. The van der Waals surface area contributed by atoms with E-state index in [1.165, 1.54) is 12.4 Å². The van der Waals surface area contributed by atoms with Crippen LogP contribution in [0.25, 0.3) is 0 Å². The molecule has 1 atom stereocenters. The maximum atomic E-state index is 11.6. The molecule has 92 valence electrons. The first-order chi connectivity index (χ1) is 7.56. The number of sulfonamides is 1. The molecule has 0 aromatic carbocycles. The maximum Gasteiger partial charge on any atom is 0.243 e. The van der Waals surface area contributed by atoms with E-state index >= 15 is 0 Å². The monoisotopic (exact) mass is 267 g/mol. The minimum Gasteiger partial charge on any atom is -0.383 e. The average Bonchev–Trinajstić information content (AvgIpc) is 2.71. The summed E-state index contributed by atoms with van der Waals surface area (Å²) in [6.07, 6.45) is 3.07. The fourth-order valence-corrected chi connectivity index (χ4v) is 2.27. The Kier molecular flexibility index (Phi) is 5.20. The van der Waals surface area contributed by atoms with Gasteiger partial charge < -0.3 is 4.74 Å². The lowest BCUT2D eigenvalue weighted by molar-refractivity contribution is 0.196. The Balaban J connectivity index is 2.38. The van der Waals surface area contributed by atoms with Crippen molar-refractivity contribution in [1.82, 2.24) is 14.9 Å². The molecule has 16 heavy (non-hydrogen) atoms. The smallest absolute Gasteiger partial charge is 0.243 e. The Morgan fingerprint density at radius 1 is 1.69 bits per heavy atom. The van der Waals surface area contributed by atoms with Crippen LogP contribution in [0, 0.1) is 0 Å². The molecule has 1 heterocycles. The van der Waals surface area contributed by atoms with Crippen LogP contribution in [0.15, 0.2) is 17.3 Å². The molecule has 1 rings (SSSR count). The number of ether oxygens (including phenoxy) is 1. The molecule has 0 radical (unpaired) electrons. The van der Waals surface area contributed by atoms with Crippen LogP contribution >= 0.6 is 11.6 Å². The Bertz CT molecular complexity index is 393. The van der Waals surface area contributed by atoms with Crippen molar-refractivity contribution < 1.29 is 13.2 Å². The number of hydrogen-bond donors (Lipinski definition) is 2. The number of halogens is 1. The largest absolute Gasteiger partial charge is 0.383 e.